The van der Waals surface area contributed by atoms with Crippen molar-refractivity contribution in [2.24, 2.45) is 0 Å². The number of piperidine rings is 1. The van der Waals surface area contributed by atoms with Gasteiger partial charge in [0.15, 0.2) is 5.78 Å². The summed E-state index contributed by atoms with van der Waals surface area (Å²) in [5.74, 6) is -0.427. The number of carbonyl (C=O) groups excluding carboxylic acids is 2. The highest BCUT2D eigenvalue weighted by atomic mass is 19.1. The predicted octanol–water partition coefficient (Wildman–Crippen LogP) is 3.35. The van der Waals surface area contributed by atoms with Gasteiger partial charge in [-0.1, -0.05) is 12.5 Å². The molecule has 1 saturated heterocycles. The smallest absolute Gasteiger partial charge is 0.317 e. The maximum Gasteiger partial charge on any atom is 0.317 e. The van der Waals surface area contributed by atoms with Gasteiger partial charge in [-0.25, -0.2) is 9.37 Å². The van der Waals surface area contributed by atoms with E-state index in [1.165, 1.54) is 25.3 Å². The number of hydrogen-bond acceptors (Lipinski definition) is 9. The average molecular weight is 545 g/mol. The molecule has 0 amide bonds. The van der Waals surface area contributed by atoms with Crippen molar-refractivity contribution in [3.8, 4) is 6.01 Å². The van der Waals surface area contributed by atoms with Crippen molar-refractivity contribution in [2.45, 2.75) is 45.2 Å². The first-order valence-corrected chi connectivity index (χ1v) is 14.1. The van der Waals surface area contributed by atoms with E-state index in [9.17, 15) is 9.59 Å². The lowest BCUT2D eigenvalue weighted by Crippen LogP contribution is -2.33. The average Bonchev–Trinajstić information content (AvgIpc) is 2.99. The fourth-order valence-electron chi connectivity index (χ4n) is 5.71. The van der Waals surface area contributed by atoms with Gasteiger partial charge < -0.3 is 15.0 Å². The minimum Gasteiger partial charge on any atom is -0.462 e. The van der Waals surface area contributed by atoms with Gasteiger partial charge in [-0.2, -0.15) is 9.97 Å². The molecule has 0 spiro atoms. The summed E-state index contributed by atoms with van der Waals surface area (Å²) >= 11 is 0. The largest absolute Gasteiger partial charge is 0.462 e. The van der Waals surface area contributed by atoms with E-state index in [0.717, 1.165) is 37.4 Å². The molecule has 0 saturated carbocycles. The Bertz CT molecular complexity index is 1420. The van der Waals surface area contributed by atoms with Gasteiger partial charge in [0.1, 0.15) is 23.9 Å². The van der Waals surface area contributed by atoms with Crippen molar-refractivity contribution in [2.75, 3.05) is 44.2 Å². The van der Waals surface area contributed by atoms with Crippen LogP contribution in [0.1, 0.15) is 68.9 Å². The molecular formula is C30H33FN6O3. The predicted molar refractivity (Wildman–Crippen MR) is 147 cm³/mol. The van der Waals surface area contributed by atoms with Crippen LogP contribution in [0.4, 0.5) is 10.2 Å². The third-order valence-corrected chi connectivity index (χ3v) is 7.86. The van der Waals surface area contributed by atoms with Crippen LogP contribution in [0.3, 0.4) is 0 Å². The summed E-state index contributed by atoms with van der Waals surface area (Å²) in [4.78, 5) is 44.0. The standard InChI is InChI=1S/C30H33FN6O3/c31-24-7-6-20(19-37-14-9-26(38)21-5-4-10-33-29(21)37)17-22(24)28(39)27-23-18-32-11-8-25(23)34-30(35-27)40-16-15-36-12-2-1-3-13-36/h4-7,10,17,32H,1-3,8-9,11-16,18-19H2. The lowest BCUT2D eigenvalue weighted by atomic mass is 9.97. The molecule has 3 aliphatic rings. The van der Waals surface area contributed by atoms with Crippen LogP contribution in [-0.2, 0) is 19.5 Å². The summed E-state index contributed by atoms with van der Waals surface area (Å²) in [5, 5.41) is 3.27. The number of aromatic nitrogens is 3. The third-order valence-electron chi connectivity index (χ3n) is 7.86. The molecule has 1 aromatic carbocycles. The molecule has 3 aliphatic heterocycles. The molecule has 1 N–H and O–H groups in total. The number of nitrogens with zero attached hydrogens (tertiary/aromatic N) is 5. The number of likely N-dealkylation sites (tertiary alicyclic amines) is 1. The quantitative estimate of drug-likeness (QED) is 0.428. The van der Waals surface area contributed by atoms with E-state index in [1.807, 2.05) is 4.90 Å². The Morgan fingerprint density at radius 1 is 1.07 bits per heavy atom. The molecule has 0 unspecified atom stereocenters. The summed E-state index contributed by atoms with van der Waals surface area (Å²) in [6.07, 6.45) is 6.34. The Morgan fingerprint density at radius 2 is 1.95 bits per heavy atom. The summed E-state index contributed by atoms with van der Waals surface area (Å²) in [7, 11) is 0. The molecule has 3 aromatic rings. The second-order valence-corrected chi connectivity index (χ2v) is 10.6. The number of benzene rings is 1. The molecule has 208 valence electrons. The van der Waals surface area contributed by atoms with E-state index in [2.05, 4.69) is 25.2 Å². The summed E-state index contributed by atoms with van der Waals surface area (Å²) in [6, 6.07) is 8.25. The van der Waals surface area contributed by atoms with Gasteiger partial charge in [0, 0.05) is 57.3 Å². The molecule has 1 fully saturated rings. The first-order chi connectivity index (χ1) is 19.6. The van der Waals surface area contributed by atoms with Crippen molar-refractivity contribution in [1.82, 2.24) is 25.2 Å². The summed E-state index contributed by atoms with van der Waals surface area (Å²) < 4.78 is 21.1. The second kappa shape index (κ2) is 11.8. The molecule has 40 heavy (non-hydrogen) atoms. The number of Topliss-reactive ketones (excluding diaryl/α,β-unsaturated/α-hetero) is 1. The number of nitrogens with one attached hydrogen (secondary N) is 1. The molecule has 2 aromatic heterocycles. The van der Waals surface area contributed by atoms with Crippen molar-refractivity contribution in [1.29, 1.82) is 0 Å². The Balaban J connectivity index is 1.25. The number of fused-ring (bicyclic) bond motifs is 2. The second-order valence-electron chi connectivity index (χ2n) is 10.6. The topological polar surface area (TPSA) is 101 Å². The molecule has 0 atom stereocenters. The molecule has 10 heteroatoms. The molecular weight excluding hydrogens is 511 g/mol. The Hall–Kier alpha value is -3.76. The number of ether oxygens (including phenoxy) is 1. The van der Waals surface area contributed by atoms with Crippen LogP contribution in [-0.4, -0.2) is 70.7 Å². The number of halogens is 1. The molecule has 6 rings (SSSR count). The molecule has 0 radical (unpaired) electrons. The number of carbonyl (C=O) groups is 2. The Kier molecular flexibility index (Phi) is 7.79. The summed E-state index contributed by atoms with van der Waals surface area (Å²) in [6.45, 7) is 5.42. The zero-order valence-electron chi connectivity index (χ0n) is 22.5. The fourth-order valence-corrected chi connectivity index (χ4v) is 5.71. The Morgan fingerprint density at radius 3 is 2.83 bits per heavy atom. The van der Waals surface area contributed by atoms with Crippen LogP contribution in [0.25, 0.3) is 0 Å². The van der Waals surface area contributed by atoms with Crippen molar-refractivity contribution >= 4 is 17.4 Å². The van der Waals surface area contributed by atoms with E-state index < -0.39 is 11.6 Å². The van der Waals surface area contributed by atoms with Crippen LogP contribution >= 0.6 is 0 Å². The normalized spacial score (nSPS) is 17.3. The number of rotatable bonds is 8. The van der Waals surface area contributed by atoms with E-state index in [4.69, 9.17) is 4.74 Å². The minimum atomic E-state index is -0.607. The maximum absolute atomic E-state index is 15.1. The van der Waals surface area contributed by atoms with Crippen LogP contribution in [0.5, 0.6) is 6.01 Å². The zero-order valence-corrected chi connectivity index (χ0v) is 22.5. The van der Waals surface area contributed by atoms with Gasteiger partial charge in [0.25, 0.3) is 0 Å². The number of anilines is 1. The van der Waals surface area contributed by atoms with Gasteiger partial charge in [0.2, 0.25) is 5.78 Å². The highest BCUT2D eigenvalue weighted by molar-refractivity contribution is 6.09. The Labute approximate surface area is 232 Å². The van der Waals surface area contributed by atoms with Crippen LogP contribution in [0.15, 0.2) is 36.5 Å². The van der Waals surface area contributed by atoms with Gasteiger partial charge in [-0.15, -0.1) is 0 Å². The van der Waals surface area contributed by atoms with Crippen LogP contribution in [0, 0.1) is 5.82 Å². The van der Waals surface area contributed by atoms with E-state index in [0.29, 0.717) is 56.0 Å². The van der Waals surface area contributed by atoms with E-state index >= 15 is 4.39 Å². The third kappa shape index (κ3) is 5.59. The van der Waals surface area contributed by atoms with Crippen molar-refractivity contribution in [3.05, 3.63) is 76.0 Å². The monoisotopic (exact) mass is 544 g/mol. The molecule has 5 heterocycles. The number of ketones is 2. The summed E-state index contributed by atoms with van der Waals surface area (Å²) in [5.41, 5.74) is 2.92. The first-order valence-electron chi connectivity index (χ1n) is 14.1. The van der Waals surface area contributed by atoms with Crippen molar-refractivity contribution in [3.63, 3.8) is 0 Å². The highest BCUT2D eigenvalue weighted by Crippen LogP contribution is 2.28. The number of hydrogen-bond donors (Lipinski definition) is 1. The molecule has 0 bridgehead atoms. The van der Waals surface area contributed by atoms with Gasteiger partial charge in [-0.05, 0) is 55.8 Å². The highest BCUT2D eigenvalue weighted by Gasteiger charge is 2.27. The van der Waals surface area contributed by atoms with E-state index in [-0.39, 0.29) is 23.1 Å². The number of pyridine rings is 1. The lowest BCUT2D eigenvalue weighted by molar-refractivity contribution is 0.0978. The van der Waals surface area contributed by atoms with Crippen LogP contribution in [0.2, 0.25) is 0 Å². The fraction of sp³-hybridized carbons (Fsp3) is 0.433. The molecule has 9 nitrogen and oxygen atoms in total. The lowest BCUT2D eigenvalue weighted by Gasteiger charge is -2.29. The minimum absolute atomic E-state index is 0.0439. The SMILES string of the molecule is O=C1CCN(Cc2ccc(F)c(C(=O)c3nc(OCCN4CCCCC4)nc4c3CNCC4)c2)c2ncccc21. The first kappa shape index (κ1) is 26.5. The molecule has 0 aliphatic carbocycles. The van der Waals surface area contributed by atoms with Gasteiger partial charge in [-0.3, -0.25) is 14.5 Å². The van der Waals surface area contributed by atoms with Crippen LogP contribution < -0.4 is 15.0 Å². The van der Waals surface area contributed by atoms with Gasteiger partial charge >= 0.3 is 6.01 Å². The van der Waals surface area contributed by atoms with Crippen molar-refractivity contribution < 1.29 is 18.7 Å². The van der Waals surface area contributed by atoms with Gasteiger partial charge in [0.05, 0.1) is 16.8 Å². The maximum atomic E-state index is 15.1. The zero-order chi connectivity index (χ0) is 27.5. The van der Waals surface area contributed by atoms with E-state index in [1.54, 1.807) is 30.5 Å².